The number of hydrogen-bond acceptors (Lipinski definition) is 4. The molecule has 116 valence electrons. The minimum atomic E-state index is 0.180. The van der Waals surface area contributed by atoms with Crippen LogP contribution in [-0.4, -0.2) is 37.2 Å². The van der Waals surface area contributed by atoms with Crippen LogP contribution in [0.3, 0.4) is 0 Å². The molecule has 2 unspecified atom stereocenters. The lowest BCUT2D eigenvalue weighted by Gasteiger charge is -2.40. The fourth-order valence-corrected chi connectivity index (χ4v) is 3.97. The SMILES string of the molecule is CCCN1CCCC(N)C1c1cc(Br)c2c(c1)OCCO2. The number of nitrogens with two attached hydrogens (primary N) is 1. The van der Waals surface area contributed by atoms with E-state index in [1.54, 1.807) is 0 Å². The van der Waals surface area contributed by atoms with Crippen LogP contribution in [0.15, 0.2) is 16.6 Å². The van der Waals surface area contributed by atoms with Gasteiger partial charge >= 0.3 is 0 Å². The molecule has 0 saturated carbocycles. The summed E-state index contributed by atoms with van der Waals surface area (Å²) in [5, 5.41) is 0. The van der Waals surface area contributed by atoms with Crippen molar-refractivity contribution in [2.75, 3.05) is 26.3 Å². The number of benzene rings is 1. The molecule has 0 bridgehead atoms. The second-order valence-corrected chi connectivity index (χ2v) is 6.67. The number of likely N-dealkylation sites (tertiary alicyclic amines) is 1. The molecule has 5 heteroatoms. The minimum Gasteiger partial charge on any atom is -0.486 e. The van der Waals surface area contributed by atoms with Crippen molar-refractivity contribution in [2.45, 2.75) is 38.3 Å². The Morgan fingerprint density at radius 1 is 1.33 bits per heavy atom. The van der Waals surface area contributed by atoms with Gasteiger partial charge in [-0.2, -0.15) is 0 Å². The average Bonchev–Trinajstić information content (AvgIpc) is 2.48. The first kappa shape index (κ1) is 15.1. The lowest BCUT2D eigenvalue weighted by Crippen LogP contribution is -2.46. The largest absolute Gasteiger partial charge is 0.486 e. The van der Waals surface area contributed by atoms with Gasteiger partial charge < -0.3 is 15.2 Å². The summed E-state index contributed by atoms with van der Waals surface area (Å²) >= 11 is 3.61. The van der Waals surface area contributed by atoms with Crippen LogP contribution in [0.25, 0.3) is 0 Å². The maximum absolute atomic E-state index is 6.43. The van der Waals surface area contributed by atoms with E-state index in [2.05, 4.69) is 39.9 Å². The fraction of sp³-hybridized carbons (Fsp3) is 0.625. The molecule has 3 rings (SSSR count). The van der Waals surface area contributed by atoms with E-state index in [1.807, 2.05) is 0 Å². The zero-order valence-electron chi connectivity index (χ0n) is 12.5. The smallest absolute Gasteiger partial charge is 0.175 e. The standard InChI is InChI=1S/C16H23BrN2O2/c1-2-5-19-6-3-4-13(18)15(19)11-9-12(17)16-14(10-11)20-7-8-21-16/h9-10,13,15H,2-8,18H2,1H3. The van der Waals surface area contributed by atoms with E-state index in [0.717, 1.165) is 41.9 Å². The van der Waals surface area contributed by atoms with Gasteiger partial charge in [-0.15, -0.1) is 0 Å². The van der Waals surface area contributed by atoms with Crippen LogP contribution in [0.5, 0.6) is 11.5 Å². The maximum Gasteiger partial charge on any atom is 0.175 e. The van der Waals surface area contributed by atoms with Crippen LogP contribution in [0, 0.1) is 0 Å². The van der Waals surface area contributed by atoms with E-state index in [0.29, 0.717) is 13.2 Å². The quantitative estimate of drug-likeness (QED) is 0.905. The van der Waals surface area contributed by atoms with E-state index in [4.69, 9.17) is 15.2 Å². The molecule has 1 fully saturated rings. The first-order chi connectivity index (χ1) is 10.2. The zero-order valence-corrected chi connectivity index (χ0v) is 14.1. The number of ether oxygens (including phenoxy) is 2. The lowest BCUT2D eigenvalue weighted by molar-refractivity contribution is 0.127. The number of fused-ring (bicyclic) bond motifs is 1. The van der Waals surface area contributed by atoms with Crippen molar-refractivity contribution < 1.29 is 9.47 Å². The maximum atomic E-state index is 6.43. The van der Waals surface area contributed by atoms with E-state index in [1.165, 1.54) is 12.0 Å². The monoisotopic (exact) mass is 354 g/mol. The van der Waals surface area contributed by atoms with Crippen molar-refractivity contribution >= 4 is 15.9 Å². The average molecular weight is 355 g/mol. The van der Waals surface area contributed by atoms with Crippen molar-refractivity contribution in [3.05, 3.63) is 22.2 Å². The third-order valence-electron chi connectivity index (χ3n) is 4.25. The molecule has 1 aromatic rings. The molecule has 1 saturated heterocycles. The summed E-state index contributed by atoms with van der Waals surface area (Å²) in [6.45, 7) is 5.65. The van der Waals surface area contributed by atoms with E-state index >= 15 is 0 Å². The summed E-state index contributed by atoms with van der Waals surface area (Å²) in [6.07, 6.45) is 3.41. The second kappa shape index (κ2) is 6.55. The van der Waals surface area contributed by atoms with Gasteiger partial charge in [-0.1, -0.05) is 6.92 Å². The normalized spacial score (nSPS) is 25.9. The Morgan fingerprint density at radius 2 is 2.14 bits per heavy atom. The van der Waals surface area contributed by atoms with Gasteiger partial charge in [0.2, 0.25) is 0 Å². The van der Waals surface area contributed by atoms with E-state index in [9.17, 15) is 0 Å². The number of piperidine rings is 1. The van der Waals surface area contributed by atoms with Gasteiger partial charge in [-0.05, 0) is 66.0 Å². The summed E-state index contributed by atoms with van der Waals surface area (Å²) in [4.78, 5) is 2.51. The molecule has 2 N–H and O–H groups in total. The van der Waals surface area contributed by atoms with Crippen LogP contribution < -0.4 is 15.2 Å². The Morgan fingerprint density at radius 3 is 2.95 bits per heavy atom. The Balaban J connectivity index is 1.95. The summed E-state index contributed by atoms with van der Waals surface area (Å²) in [5.41, 5.74) is 7.66. The van der Waals surface area contributed by atoms with Crippen LogP contribution >= 0.6 is 15.9 Å². The van der Waals surface area contributed by atoms with E-state index < -0.39 is 0 Å². The fourth-order valence-electron chi connectivity index (χ4n) is 3.40. The summed E-state index contributed by atoms with van der Waals surface area (Å²) < 4.78 is 12.4. The highest BCUT2D eigenvalue weighted by molar-refractivity contribution is 9.10. The van der Waals surface area contributed by atoms with Crippen LogP contribution in [0.1, 0.15) is 37.8 Å². The molecule has 2 aliphatic heterocycles. The van der Waals surface area contributed by atoms with Crippen molar-refractivity contribution in [1.29, 1.82) is 0 Å². The molecule has 0 aromatic heterocycles. The zero-order chi connectivity index (χ0) is 14.8. The molecule has 0 aliphatic carbocycles. The highest BCUT2D eigenvalue weighted by atomic mass is 79.9. The molecule has 0 amide bonds. The van der Waals surface area contributed by atoms with Gasteiger partial charge in [-0.25, -0.2) is 0 Å². The van der Waals surface area contributed by atoms with E-state index in [-0.39, 0.29) is 12.1 Å². The number of halogens is 1. The first-order valence-electron chi connectivity index (χ1n) is 7.79. The minimum absolute atomic E-state index is 0.180. The molecule has 21 heavy (non-hydrogen) atoms. The molecular formula is C16H23BrN2O2. The molecule has 2 heterocycles. The number of rotatable bonds is 3. The molecule has 2 atom stereocenters. The Kier molecular flexibility index (Phi) is 4.72. The van der Waals surface area contributed by atoms with Gasteiger partial charge in [0.1, 0.15) is 13.2 Å². The van der Waals surface area contributed by atoms with Gasteiger partial charge in [0.05, 0.1) is 10.5 Å². The van der Waals surface area contributed by atoms with Crippen LogP contribution in [0.4, 0.5) is 0 Å². The molecule has 1 aromatic carbocycles. The molecule has 0 radical (unpaired) electrons. The molecule has 2 aliphatic rings. The molecular weight excluding hydrogens is 332 g/mol. The van der Waals surface area contributed by atoms with Crippen LogP contribution in [-0.2, 0) is 0 Å². The second-order valence-electron chi connectivity index (χ2n) is 5.81. The van der Waals surface area contributed by atoms with Crippen LogP contribution in [0.2, 0.25) is 0 Å². The van der Waals surface area contributed by atoms with Gasteiger partial charge in [-0.3, -0.25) is 4.90 Å². The first-order valence-corrected chi connectivity index (χ1v) is 8.58. The third-order valence-corrected chi connectivity index (χ3v) is 4.84. The van der Waals surface area contributed by atoms with Crippen molar-refractivity contribution in [2.24, 2.45) is 5.73 Å². The summed E-state index contributed by atoms with van der Waals surface area (Å²) in [5.74, 6) is 1.65. The van der Waals surface area contributed by atoms with Crippen molar-refractivity contribution in [3.63, 3.8) is 0 Å². The molecule has 0 spiro atoms. The summed E-state index contributed by atoms with van der Waals surface area (Å²) in [7, 11) is 0. The highest BCUT2D eigenvalue weighted by Crippen LogP contribution is 2.42. The third kappa shape index (κ3) is 3.05. The highest BCUT2D eigenvalue weighted by Gasteiger charge is 2.31. The number of hydrogen-bond donors (Lipinski definition) is 1. The summed E-state index contributed by atoms with van der Waals surface area (Å²) in [6, 6.07) is 4.70. The van der Waals surface area contributed by atoms with Gasteiger partial charge in [0.15, 0.2) is 11.5 Å². The lowest BCUT2D eigenvalue weighted by atomic mass is 9.90. The Hall–Kier alpha value is -0.780. The Bertz CT molecular complexity index is 507. The topological polar surface area (TPSA) is 47.7 Å². The van der Waals surface area contributed by atoms with Gasteiger partial charge in [0.25, 0.3) is 0 Å². The predicted octanol–water partition coefficient (Wildman–Crippen LogP) is 3.09. The van der Waals surface area contributed by atoms with Gasteiger partial charge in [0, 0.05) is 6.04 Å². The predicted molar refractivity (Wildman–Crippen MR) is 86.9 cm³/mol. The molecule has 4 nitrogen and oxygen atoms in total. The Labute approximate surface area is 134 Å². The number of nitrogens with zero attached hydrogens (tertiary/aromatic N) is 1. The van der Waals surface area contributed by atoms with Crippen molar-refractivity contribution in [3.8, 4) is 11.5 Å². The van der Waals surface area contributed by atoms with Crippen molar-refractivity contribution in [1.82, 2.24) is 4.90 Å².